The smallest absolute Gasteiger partial charge is 0.320 e. The zero-order valence-corrected chi connectivity index (χ0v) is 69.0. The van der Waals surface area contributed by atoms with Gasteiger partial charge in [-0.05, 0) is 84.4 Å². The molecule has 1 heterocycles. The molecule has 0 aliphatic rings. The summed E-state index contributed by atoms with van der Waals surface area (Å²) in [5.41, 5.74) is 5.55. The molecular weight excluding hydrogens is 1620 g/mol. The van der Waals surface area contributed by atoms with Crippen molar-refractivity contribution in [3.8, 4) is 17.2 Å². The summed E-state index contributed by atoms with van der Waals surface area (Å²) in [5, 5.41) is 113. The predicted molar refractivity (Wildman–Crippen MR) is 428 cm³/mol. The SMILES string of the molecule is CCN=CC(COc1cc(C(=O)NC(CNC)C(=O)NCCOCCC(=O)CC(COCCC(=O)CCCCCC(C(=O)O)N(CC(=O)O)CC(=O)O)(COCCC(=O)NCCCCC(C(=O)O)N(CC(=O)O)CC(=O)O)COCCC(=O)NCCCCC(C(=O)O)N(CC(=O)O)CC(=O)O)cc(OCc2cn(CC)nn2)c1OC/C(N)=C/NC)=NN. The standard InChI is InChI=1S/C75H118N16O31/c1-5-80-34-51(85-77)44-120-59-30-49(31-60(69(59)122-43-50(76)33-78-3)121-45-52-36-91(6-2)87-86-52)70(108)84-55(35-79-4)71(109)83-24-29-116-25-19-54(93)32-75(46-117-26-18-53(92)14-8-7-9-15-56(72(110)111)88(37-63(96)97)38-64(98)99,47-118-27-20-61(94)81-22-12-10-16-57(73(112)113)89(39-65(100)101)40-66(102)103)48-119-28-21-62(95)82-23-13-11-17-58(74(114)115)90(41-67(104)105)42-68(106)107/h30-31,33-34,36,55-58,78-79H,5-29,32,35,37-48,76-77H2,1-4H3,(H,81,94)(H,82,95)(H,83,109)(H,84,108)(H,96,97)(H,98,99)(H,100,101)(H,102,103)(H,104,105)(H,106,107)(H,110,111)(H,112,113)(H,114,115)/b50-33-,80-34?,85-51?. The minimum Gasteiger partial charge on any atom is -0.483 e. The van der Waals surface area contributed by atoms with E-state index in [0.717, 1.165) is 14.7 Å². The summed E-state index contributed by atoms with van der Waals surface area (Å²) >= 11 is 0. The minimum atomic E-state index is -1.47. The highest BCUT2D eigenvalue weighted by molar-refractivity contribution is 6.31. The number of aliphatic carboxylic acids is 9. The van der Waals surface area contributed by atoms with Crippen molar-refractivity contribution in [1.82, 2.24) is 61.6 Å². The van der Waals surface area contributed by atoms with E-state index in [9.17, 15) is 118 Å². The molecule has 47 heteroatoms. The highest BCUT2D eigenvalue weighted by Crippen LogP contribution is 2.40. The zero-order chi connectivity index (χ0) is 91.0. The molecular formula is C75H118N16O31. The molecule has 1 aromatic heterocycles. The van der Waals surface area contributed by atoms with Gasteiger partial charge in [-0.2, -0.15) is 5.10 Å². The van der Waals surface area contributed by atoms with E-state index in [1.165, 1.54) is 24.5 Å². The van der Waals surface area contributed by atoms with E-state index >= 15 is 0 Å². The van der Waals surface area contributed by atoms with Gasteiger partial charge in [0.1, 0.15) is 67.0 Å². The minimum absolute atomic E-state index is 0.000761. The van der Waals surface area contributed by atoms with Crippen LogP contribution in [0.15, 0.2) is 40.3 Å². The first-order chi connectivity index (χ1) is 58.1. The number of Topliss-reactive ketones (excluding diaryl/α,β-unsaturated/α-hetero) is 2. The highest BCUT2D eigenvalue weighted by Gasteiger charge is 2.37. The van der Waals surface area contributed by atoms with Gasteiger partial charge in [-0.15, -0.1) is 5.10 Å². The fourth-order valence-corrected chi connectivity index (χ4v) is 11.9. The molecule has 4 unspecified atom stereocenters. The molecule has 0 saturated carbocycles. The average molecular weight is 1740 g/mol. The Hall–Kier alpha value is -11.6. The molecule has 2 aromatic rings. The number of rotatable bonds is 75. The summed E-state index contributed by atoms with van der Waals surface area (Å²) in [6, 6.07) is -2.89. The van der Waals surface area contributed by atoms with Gasteiger partial charge in [0.25, 0.3) is 5.91 Å². The number of carbonyl (C=O) groups is 15. The molecule has 1 aromatic carbocycles. The molecule has 0 aliphatic heterocycles. The molecule has 0 saturated heterocycles. The number of hydrogen-bond acceptors (Lipinski definition) is 33. The summed E-state index contributed by atoms with van der Waals surface area (Å²) < 4.78 is 44.1. The van der Waals surface area contributed by atoms with Gasteiger partial charge in [-0.1, -0.05) is 18.1 Å². The summed E-state index contributed by atoms with van der Waals surface area (Å²) in [5.74, 6) is -10.7. The number of nitrogens with zero attached hydrogens (tertiary/aromatic N) is 8. The number of nitrogens with one attached hydrogen (secondary N) is 6. The maximum Gasteiger partial charge on any atom is 0.320 e. The Labute approximate surface area is 702 Å². The molecule has 2 rings (SSSR count). The Kier molecular flexibility index (Phi) is 53.0. The van der Waals surface area contributed by atoms with Crippen LogP contribution >= 0.6 is 0 Å². The Morgan fingerprint density at radius 2 is 1.02 bits per heavy atom. The third-order valence-corrected chi connectivity index (χ3v) is 17.7. The van der Waals surface area contributed by atoms with Crippen molar-refractivity contribution in [2.45, 2.75) is 154 Å². The largest absolute Gasteiger partial charge is 0.483 e. The normalized spacial score (nSPS) is 13.1. The van der Waals surface area contributed by atoms with Gasteiger partial charge < -0.3 is 123 Å². The lowest BCUT2D eigenvalue weighted by molar-refractivity contribution is -0.152. The van der Waals surface area contributed by atoms with Crippen molar-refractivity contribution in [1.29, 1.82) is 0 Å². The van der Waals surface area contributed by atoms with Crippen LogP contribution in [0.25, 0.3) is 0 Å². The van der Waals surface area contributed by atoms with Crippen LogP contribution in [-0.2, 0) is 99.2 Å². The van der Waals surface area contributed by atoms with Gasteiger partial charge in [-0.3, -0.25) is 96.3 Å². The second kappa shape index (κ2) is 60.8. The number of carbonyl (C=O) groups excluding carboxylic acids is 6. The van der Waals surface area contributed by atoms with Gasteiger partial charge in [-0.25, -0.2) is 0 Å². The van der Waals surface area contributed by atoms with Gasteiger partial charge in [0.2, 0.25) is 23.5 Å². The zero-order valence-electron chi connectivity index (χ0n) is 69.0. The number of ether oxygens (including phenoxy) is 7. The predicted octanol–water partition coefficient (Wildman–Crippen LogP) is -2.07. The van der Waals surface area contributed by atoms with E-state index in [1.807, 2.05) is 6.92 Å². The van der Waals surface area contributed by atoms with Crippen molar-refractivity contribution in [3.63, 3.8) is 0 Å². The second-order valence-electron chi connectivity index (χ2n) is 27.8. The van der Waals surface area contributed by atoms with E-state index in [4.69, 9.17) is 44.7 Å². The van der Waals surface area contributed by atoms with Crippen LogP contribution in [0, 0.1) is 5.41 Å². The quantitative estimate of drug-likeness (QED) is 0.0146. The lowest BCUT2D eigenvalue weighted by Gasteiger charge is -2.33. The van der Waals surface area contributed by atoms with Gasteiger partial charge in [0.15, 0.2) is 11.5 Å². The maximum atomic E-state index is 14.3. The Morgan fingerprint density at radius 1 is 0.549 bits per heavy atom. The molecule has 19 N–H and O–H groups in total. The van der Waals surface area contributed by atoms with E-state index in [-0.39, 0.29) is 229 Å². The van der Waals surface area contributed by atoms with E-state index in [2.05, 4.69) is 52.3 Å². The molecule has 0 radical (unpaired) electrons. The Morgan fingerprint density at radius 3 is 1.46 bits per heavy atom. The Bertz CT molecular complexity index is 3540. The molecule has 0 spiro atoms. The second-order valence-corrected chi connectivity index (χ2v) is 27.8. The van der Waals surface area contributed by atoms with Crippen molar-refractivity contribution in [3.05, 3.63) is 41.5 Å². The molecule has 4 amide bonds. The number of aryl methyl sites for hydroxylation is 1. The van der Waals surface area contributed by atoms with Crippen molar-refractivity contribution in [2.24, 2.45) is 27.1 Å². The lowest BCUT2D eigenvalue weighted by atomic mass is 9.84. The number of aromatic nitrogens is 3. The van der Waals surface area contributed by atoms with Gasteiger partial charge >= 0.3 is 53.7 Å². The molecule has 0 fully saturated rings. The summed E-state index contributed by atoms with van der Waals surface area (Å²) in [4.78, 5) is 193. The maximum absolute atomic E-state index is 14.3. The number of amides is 4. The van der Waals surface area contributed by atoms with Gasteiger partial charge in [0.05, 0.1) is 104 Å². The summed E-state index contributed by atoms with van der Waals surface area (Å²) in [6.07, 6.45) is 4.03. The number of hydrazone groups is 1. The van der Waals surface area contributed by atoms with Crippen molar-refractivity contribution >= 4 is 101 Å². The number of likely N-dealkylation sites (N-methyl/N-ethyl adjacent to an activating group) is 1. The van der Waals surface area contributed by atoms with Crippen LogP contribution in [-0.4, -0.2) is 353 Å². The molecule has 0 aliphatic carbocycles. The van der Waals surface area contributed by atoms with Crippen molar-refractivity contribution in [2.75, 3.05) is 152 Å². The number of benzene rings is 1. The van der Waals surface area contributed by atoms with E-state index < -0.39 is 158 Å². The first-order valence-corrected chi connectivity index (χ1v) is 39.3. The summed E-state index contributed by atoms with van der Waals surface area (Å²) in [6.45, 7) is -3.67. The number of aliphatic imine (C=N–C) groups is 1. The number of carboxylic acids is 9. The number of carboxylic acid groups (broad SMARTS) is 9. The van der Waals surface area contributed by atoms with Crippen LogP contribution < -0.4 is 57.7 Å². The van der Waals surface area contributed by atoms with Crippen LogP contribution in [0.3, 0.4) is 0 Å². The number of hydrogen-bond donors (Lipinski definition) is 17. The molecule has 684 valence electrons. The van der Waals surface area contributed by atoms with E-state index in [1.54, 1.807) is 31.9 Å². The fourth-order valence-electron chi connectivity index (χ4n) is 11.9. The molecule has 122 heavy (non-hydrogen) atoms. The third kappa shape index (κ3) is 46.2. The van der Waals surface area contributed by atoms with Gasteiger partial charge in [0, 0.05) is 108 Å². The average Bonchev–Trinajstić information content (AvgIpc) is 0.932. The van der Waals surface area contributed by atoms with Crippen LogP contribution in [0.1, 0.15) is 133 Å². The van der Waals surface area contributed by atoms with Crippen molar-refractivity contribution < 1.29 is 151 Å². The highest BCUT2D eigenvalue weighted by atomic mass is 16.5. The molecule has 4 atom stereocenters. The molecule has 47 nitrogen and oxygen atoms in total. The lowest BCUT2D eigenvalue weighted by Crippen LogP contribution is -2.51. The third-order valence-electron chi connectivity index (χ3n) is 17.7. The molecule has 0 bridgehead atoms. The first kappa shape index (κ1) is 106. The number of nitrogens with two attached hydrogens (primary N) is 2. The number of unbranched alkanes of at least 4 members (excludes halogenated alkanes) is 4. The first-order valence-electron chi connectivity index (χ1n) is 39.3. The van der Waals surface area contributed by atoms with E-state index in [0.29, 0.717) is 25.2 Å². The monoisotopic (exact) mass is 1740 g/mol. The van der Waals surface area contributed by atoms with Crippen LogP contribution in [0.4, 0.5) is 0 Å². The Balaban J connectivity index is 2.46. The number of ketones is 2. The fraction of sp³-hybridized carbons (Fsp3) is 0.640. The topological polar surface area (TPSA) is 692 Å². The summed E-state index contributed by atoms with van der Waals surface area (Å²) in [7, 11) is 3.19. The van der Waals surface area contributed by atoms with Crippen LogP contribution in [0.2, 0.25) is 0 Å². The van der Waals surface area contributed by atoms with Crippen LogP contribution in [0.5, 0.6) is 17.2 Å².